The number of carbonyl (C=O) groups excluding carboxylic acids is 3. The predicted molar refractivity (Wildman–Crippen MR) is 157 cm³/mol. The molecule has 2 aromatic rings. The number of ether oxygens (including phenoxy) is 2. The van der Waals surface area contributed by atoms with Crippen LogP contribution in [0.5, 0.6) is 5.75 Å². The van der Waals surface area contributed by atoms with Gasteiger partial charge in [-0.15, -0.1) is 0 Å². The number of hydrogen-bond acceptors (Lipinski definition) is 9. The first-order valence-electron chi connectivity index (χ1n) is 12.8. The Morgan fingerprint density at radius 1 is 1.00 bits per heavy atom. The van der Waals surface area contributed by atoms with Gasteiger partial charge in [-0.25, -0.2) is 4.18 Å². The van der Waals surface area contributed by atoms with Crippen LogP contribution >= 0.6 is 23.2 Å². The lowest BCUT2D eigenvalue weighted by Crippen LogP contribution is -2.53. The molecule has 0 saturated carbocycles. The largest absolute Gasteiger partial charge is 0.484 e. The molecule has 12 heteroatoms. The van der Waals surface area contributed by atoms with E-state index in [1.165, 1.54) is 24.3 Å². The Hall–Kier alpha value is -2.76. The molecule has 2 N–H and O–H groups in total. The SMILES string of the molecule is C=C(CC)C(=O)c1ccc(OCC(=O)C(N)(CCCC(=O)OC(C)(C)C)OS(=O)(=O)c2ccc(C)cc2)c(Cl)c1Cl. The summed E-state index contributed by atoms with van der Waals surface area (Å²) in [5.74, 6) is -1.92. The van der Waals surface area contributed by atoms with E-state index in [4.69, 9.17) is 42.6 Å². The smallest absolute Gasteiger partial charge is 0.306 e. The molecule has 224 valence electrons. The topological polar surface area (TPSA) is 139 Å². The standard InChI is InChI=1S/C29H35Cl2NO8S/c1-7-19(3)27(35)21-14-15-22(26(31)25(21)30)38-17-23(33)29(32,16-8-9-24(34)39-28(4,5)6)40-41(36,37)20-12-10-18(2)11-13-20/h10-15H,3,7-9,16-17,32H2,1-2,4-6H3. The summed E-state index contributed by atoms with van der Waals surface area (Å²) in [7, 11) is -4.49. The molecule has 1 unspecified atom stereocenters. The number of allylic oxidation sites excluding steroid dienone is 1. The number of nitrogens with two attached hydrogens (primary N) is 1. The number of carbonyl (C=O) groups is 3. The first kappa shape index (κ1) is 34.4. The zero-order valence-electron chi connectivity index (χ0n) is 23.7. The molecule has 0 bridgehead atoms. The van der Waals surface area contributed by atoms with Gasteiger partial charge in [0.25, 0.3) is 10.1 Å². The molecule has 0 aliphatic rings. The van der Waals surface area contributed by atoms with Crippen LogP contribution in [0.3, 0.4) is 0 Å². The molecule has 0 fully saturated rings. The van der Waals surface area contributed by atoms with Gasteiger partial charge in [0.15, 0.2) is 18.1 Å². The highest BCUT2D eigenvalue weighted by atomic mass is 35.5. The average Bonchev–Trinajstić information content (AvgIpc) is 2.87. The first-order chi connectivity index (χ1) is 18.9. The van der Waals surface area contributed by atoms with E-state index in [1.54, 1.807) is 46.8 Å². The van der Waals surface area contributed by atoms with E-state index < -0.39 is 39.8 Å². The third-order valence-electron chi connectivity index (χ3n) is 5.79. The summed E-state index contributed by atoms with van der Waals surface area (Å²) in [6.07, 6.45) is -0.0956. The monoisotopic (exact) mass is 627 g/mol. The van der Waals surface area contributed by atoms with E-state index in [0.29, 0.717) is 12.0 Å². The number of halogens is 2. The lowest BCUT2D eigenvalue weighted by atomic mass is 10.0. The molecule has 0 amide bonds. The summed E-state index contributed by atoms with van der Waals surface area (Å²) >= 11 is 12.6. The molecule has 0 aliphatic carbocycles. The van der Waals surface area contributed by atoms with E-state index >= 15 is 0 Å². The van der Waals surface area contributed by atoms with Crippen LogP contribution in [0.1, 0.15) is 69.3 Å². The molecular formula is C29H35Cl2NO8S. The summed E-state index contributed by atoms with van der Waals surface area (Å²) < 4.78 is 42.2. The molecule has 0 radical (unpaired) electrons. The fourth-order valence-electron chi connectivity index (χ4n) is 3.50. The second-order valence-electron chi connectivity index (χ2n) is 10.4. The molecule has 0 spiro atoms. The molecule has 2 rings (SSSR count). The van der Waals surface area contributed by atoms with Gasteiger partial charge >= 0.3 is 5.97 Å². The second-order valence-corrected chi connectivity index (χ2v) is 12.7. The van der Waals surface area contributed by atoms with Crippen LogP contribution in [-0.2, 0) is 28.6 Å². The zero-order chi connectivity index (χ0) is 31.2. The zero-order valence-corrected chi connectivity index (χ0v) is 26.0. The minimum absolute atomic E-state index is 0.0225. The minimum atomic E-state index is -4.49. The summed E-state index contributed by atoms with van der Waals surface area (Å²) in [5.41, 5.74) is 4.40. The van der Waals surface area contributed by atoms with Crippen molar-refractivity contribution in [3.05, 3.63) is 69.7 Å². The molecular weight excluding hydrogens is 593 g/mol. The molecule has 1 atom stereocenters. The van der Waals surface area contributed by atoms with Crippen LogP contribution in [0.4, 0.5) is 0 Å². The number of ketones is 2. The van der Waals surface area contributed by atoms with Crippen molar-refractivity contribution in [3.63, 3.8) is 0 Å². The Morgan fingerprint density at radius 3 is 2.17 bits per heavy atom. The third kappa shape index (κ3) is 9.65. The van der Waals surface area contributed by atoms with Gasteiger partial charge < -0.3 is 9.47 Å². The maximum atomic E-state index is 13.3. The van der Waals surface area contributed by atoms with Crippen LogP contribution < -0.4 is 10.5 Å². The van der Waals surface area contributed by atoms with Gasteiger partial charge in [0.05, 0.1) is 9.92 Å². The fraction of sp³-hybridized carbons (Fsp3) is 0.414. The number of hydrogen-bond donors (Lipinski definition) is 1. The fourth-order valence-corrected chi connectivity index (χ4v) is 5.09. The van der Waals surface area contributed by atoms with Crippen molar-refractivity contribution in [1.82, 2.24) is 0 Å². The molecule has 0 heterocycles. The molecule has 41 heavy (non-hydrogen) atoms. The molecule has 2 aromatic carbocycles. The Balaban J connectivity index is 2.28. The summed E-state index contributed by atoms with van der Waals surface area (Å²) in [5, 5.41) is -0.222. The van der Waals surface area contributed by atoms with Crippen molar-refractivity contribution < 1.29 is 36.5 Å². The normalized spacial score (nSPS) is 13.3. The summed E-state index contributed by atoms with van der Waals surface area (Å²) in [6, 6.07) is 8.51. The quantitative estimate of drug-likeness (QED) is 0.0881. The summed E-state index contributed by atoms with van der Waals surface area (Å²) in [6.45, 7) is 11.6. The van der Waals surface area contributed by atoms with Crippen molar-refractivity contribution in [1.29, 1.82) is 0 Å². The van der Waals surface area contributed by atoms with E-state index in [2.05, 4.69) is 6.58 Å². The molecule has 0 saturated heterocycles. The van der Waals surface area contributed by atoms with Gasteiger partial charge in [0, 0.05) is 12.0 Å². The predicted octanol–water partition coefficient (Wildman–Crippen LogP) is 5.97. The molecule has 9 nitrogen and oxygen atoms in total. The molecule has 0 aromatic heterocycles. The van der Waals surface area contributed by atoms with E-state index in [9.17, 15) is 22.8 Å². The van der Waals surface area contributed by atoms with Crippen LogP contribution in [-0.4, -0.2) is 43.9 Å². The first-order valence-corrected chi connectivity index (χ1v) is 15.0. The summed E-state index contributed by atoms with van der Waals surface area (Å²) in [4.78, 5) is 37.8. The Labute approximate surface area is 251 Å². The van der Waals surface area contributed by atoms with Gasteiger partial charge in [0.1, 0.15) is 16.4 Å². The number of Topliss-reactive ketones (excluding diaryl/α,β-unsaturated/α-hetero) is 2. The number of benzene rings is 2. The Morgan fingerprint density at radius 2 is 1.61 bits per heavy atom. The van der Waals surface area contributed by atoms with Crippen molar-refractivity contribution in [3.8, 4) is 5.75 Å². The van der Waals surface area contributed by atoms with Crippen molar-refractivity contribution >= 4 is 50.9 Å². The lowest BCUT2D eigenvalue weighted by molar-refractivity contribution is -0.155. The van der Waals surface area contributed by atoms with Crippen molar-refractivity contribution in [2.45, 2.75) is 76.5 Å². The van der Waals surface area contributed by atoms with E-state index in [1.807, 2.05) is 0 Å². The third-order valence-corrected chi connectivity index (χ3v) is 8.02. The van der Waals surface area contributed by atoms with Crippen LogP contribution in [0, 0.1) is 6.92 Å². The highest BCUT2D eigenvalue weighted by Gasteiger charge is 2.41. The lowest BCUT2D eigenvalue weighted by Gasteiger charge is -2.27. The number of aryl methyl sites for hydroxylation is 1. The van der Waals surface area contributed by atoms with E-state index in [-0.39, 0.29) is 51.3 Å². The van der Waals surface area contributed by atoms with Crippen molar-refractivity contribution in [2.75, 3.05) is 6.61 Å². The van der Waals surface area contributed by atoms with Crippen molar-refractivity contribution in [2.24, 2.45) is 5.73 Å². The van der Waals surface area contributed by atoms with E-state index in [0.717, 1.165) is 5.56 Å². The van der Waals surface area contributed by atoms with Gasteiger partial charge in [-0.2, -0.15) is 8.42 Å². The highest BCUT2D eigenvalue weighted by molar-refractivity contribution is 7.86. The van der Waals surface area contributed by atoms with Gasteiger partial charge in [-0.1, -0.05) is 54.4 Å². The maximum Gasteiger partial charge on any atom is 0.306 e. The maximum absolute atomic E-state index is 13.3. The number of rotatable bonds is 14. The molecule has 0 aliphatic heterocycles. The second kappa shape index (κ2) is 13.9. The van der Waals surface area contributed by atoms with Crippen LogP contribution in [0.25, 0.3) is 0 Å². The average molecular weight is 629 g/mol. The van der Waals surface area contributed by atoms with Gasteiger partial charge in [-0.05, 0) is 76.8 Å². The van der Waals surface area contributed by atoms with Gasteiger partial charge in [-0.3, -0.25) is 20.1 Å². The highest BCUT2D eigenvalue weighted by Crippen LogP contribution is 2.36. The number of esters is 1. The Bertz CT molecular complexity index is 1420. The van der Waals surface area contributed by atoms with Gasteiger partial charge in [0.2, 0.25) is 5.78 Å². The van der Waals surface area contributed by atoms with Crippen LogP contribution in [0.15, 0.2) is 53.4 Å². The van der Waals surface area contributed by atoms with Crippen LogP contribution in [0.2, 0.25) is 10.0 Å². The Kier molecular flexibility index (Phi) is 11.7. The minimum Gasteiger partial charge on any atom is -0.484 e.